The Morgan fingerprint density at radius 2 is 1.08 bits per heavy atom. The summed E-state index contributed by atoms with van der Waals surface area (Å²) in [6.07, 6.45) is 14.1. The zero-order valence-electron chi connectivity index (χ0n) is 29.8. The molecule has 4 aliphatic carbocycles. The van der Waals surface area contributed by atoms with E-state index in [1.165, 1.54) is 91.3 Å². The molecule has 258 valence electrons. The van der Waals surface area contributed by atoms with Gasteiger partial charge < -0.3 is 4.42 Å². The molecule has 4 aliphatic rings. The van der Waals surface area contributed by atoms with E-state index >= 15 is 0 Å². The second kappa shape index (κ2) is 12.4. The molecule has 0 aliphatic heterocycles. The summed E-state index contributed by atoms with van der Waals surface area (Å²) < 4.78 is 7.09. The summed E-state index contributed by atoms with van der Waals surface area (Å²) in [5.74, 6) is 7.58. The van der Waals surface area contributed by atoms with Crippen LogP contribution in [0.4, 0.5) is 0 Å². The zero-order chi connectivity index (χ0) is 34.2. The maximum atomic E-state index is 7.09. The predicted octanol–water partition coefficient (Wildman–Crippen LogP) is 12.7. The molecule has 11 rings (SSSR count). The Morgan fingerprint density at radius 3 is 1.79 bits per heavy atom. The lowest BCUT2D eigenvalue weighted by atomic mass is 9.61. The molecule has 0 saturated heterocycles. The van der Waals surface area contributed by atoms with Crippen LogP contribution in [0.15, 0.2) is 114 Å². The Hall–Kier alpha value is -4.83. The van der Waals surface area contributed by atoms with Gasteiger partial charge in [0.2, 0.25) is 0 Å². The van der Waals surface area contributed by atoms with E-state index in [0.717, 1.165) is 57.4 Å². The van der Waals surface area contributed by atoms with Crippen molar-refractivity contribution in [3.63, 3.8) is 0 Å². The summed E-state index contributed by atoms with van der Waals surface area (Å²) in [6.45, 7) is 0. The maximum Gasteiger partial charge on any atom is 0.164 e. The van der Waals surface area contributed by atoms with Crippen molar-refractivity contribution in [3.8, 4) is 34.2 Å². The average Bonchev–Trinajstić information content (AvgIpc) is 3.76. The summed E-state index contributed by atoms with van der Waals surface area (Å²) in [6, 6.07) is 38.7. The van der Waals surface area contributed by atoms with E-state index < -0.39 is 0 Å². The van der Waals surface area contributed by atoms with E-state index in [1.54, 1.807) is 0 Å². The predicted molar refractivity (Wildman–Crippen MR) is 211 cm³/mol. The number of hydrogen-bond donors (Lipinski definition) is 0. The highest BCUT2D eigenvalue weighted by atomic mass is 16.3. The van der Waals surface area contributed by atoms with Crippen LogP contribution < -0.4 is 0 Å². The molecule has 0 amide bonds. The van der Waals surface area contributed by atoms with Gasteiger partial charge in [-0.3, -0.25) is 0 Å². The van der Waals surface area contributed by atoms with Gasteiger partial charge in [0.1, 0.15) is 11.2 Å². The monoisotopic (exact) mass is 679 g/mol. The van der Waals surface area contributed by atoms with Crippen molar-refractivity contribution in [1.29, 1.82) is 0 Å². The third-order valence-electron chi connectivity index (χ3n) is 13.9. The van der Waals surface area contributed by atoms with Crippen LogP contribution >= 0.6 is 0 Å². The molecule has 0 N–H and O–H groups in total. The molecule has 2 aromatic heterocycles. The SMILES string of the molecule is c1ccc(-c2nc(-c3ccccc3)nc(-c3cc(C4C5CCCCC5C5CC6CCCCC6CC54)c4oc5ccc6ccccc6c5c4c3)n2)cc1. The summed E-state index contributed by atoms with van der Waals surface area (Å²) in [5, 5.41) is 4.90. The Kier molecular flexibility index (Phi) is 7.33. The Bertz CT molecular complexity index is 2380. The third-order valence-corrected chi connectivity index (χ3v) is 13.9. The molecule has 7 aromatic rings. The van der Waals surface area contributed by atoms with Gasteiger partial charge in [0.05, 0.1) is 0 Å². The molecule has 7 atom stereocenters. The standard InChI is InChI=1S/C48H45N3O/c1-3-14-30(15-4-1)46-49-47(31-16-5-2-6-17-31)51-48(50-46)34-27-40(45-41(28-34)44-35-20-10-9-13-29(35)23-24-42(44)52-45)43-37-22-12-11-21-36(37)38-25-32-18-7-8-19-33(32)26-39(38)43/h1-6,9-10,13-17,20,23-24,27-28,32-33,36-39,43H,7-8,11-12,18-19,21-22,25-26H2. The molecule has 7 unspecified atom stereocenters. The average molecular weight is 680 g/mol. The van der Waals surface area contributed by atoms with E-state index in [-0.39, 0.29) is 0 Å². The Labute approximate surface area is 305 Å². The van der Waals surface area contributed by atoms with E-state index in [4.69, 9.17) is 19.4 Å². The first kappa shape index (κ1) is 30.8. The normalized spacial score (nSPS) is 27.0. The highest BCUT2D eigenvalue weighted by Gasteiger charge is 2.55. The Morgan fingerprint density at radius 1 is 0.481 bits per heavy atom. The molecule has 4 nitrogen and oxygen atoms in total. The van der Waals surface area contributed by atoms with Crippen LogP contribution in [0.25, 0.3) is 66.9 Å². The number of furan rings is 1. The van der Waals surface area contributed by atoms with Crippen molar-refractivity contribution >= 4 is 32.7 Å². The number of benzene rings is 5. The van der Waals surface area contributed by atoms with Gasteiger partial charge in [-0.05, 0) is 102 Å². The first-order chi connectivity index (χ1) is 25.8. The zero-order valence-corrected chi connectivity index (χ0v) is 29.8. The third kappa shape index (κ3) is 4.97. The molecule has 4 heteroatoms. The Balaban J connectivity index is 1.17. The lowest BCUT2D eigenvalue weighted by Crippen LogP contribution is -2.34. The van der Waals surface area contributed by atoms with Crippen molar-refractivity contribution in [2.24, 2.45) is 35.5 Å². The number of nitrogens with zero attached hydrogens (tertiary/aromatic N) is 3. The minimum Gasteiger partial charge on any atom is -0.456 e. The molecule has 4 fully saturated rings. The van der Waals surface area contributed by atoms with Crippen molar-refractivity contribution in [1.82, 2.24) is 15.0 Å². The van der Waals surface area contributed by atoms with Crippen LogP contribution in [0.1, 0.15) is 75.7 Å². The van der Waals surface area contributed by atoms with Crippen LogP contribution in [0.2, 0.25) is 0 Å². The summed E-state index contributed by atoms with van der Waals surface area (Å²) in [5.41, 5.74) is 6.54. The van der Waals surface area contributed by atoms with Crippen molar-refractivity contribution < 1.29 is 4.42 Å². The van der Waals surface area contributed by atoms with Gasteiger partial charge in [-0.15, -0.1) is 0 Å². The summed E-state index contributed by atoms with van der Waals surface area (Å²) >= 11 is 0. The number of fused-ring (bicyclic) bond motifs is 9. The van der Waals surface area contributed by atoms with Gasteiger partial charge in [0.15, 0.2) is 17.5 Å². The van der Waals surface area contributed by atoms with Gasteiger partial charge >= 0.3 is 0 Å². The molecule has 0 spiro atoms. The molecule has 0 bridgehead atoms. The first-order valence-corrected chi connectivity index (χ1v) is 20.0. The second-order valence-electron chi connectivity index (χ2n) is 16.5. The van der Waals surface area contributed by atoms with E-state index in [1.807, 2.05) is 12.1 Å². The van der Waals surface area contributed by atoms with Gasteiger partial charge in [0, 0.05) is 27.5 Å². The lowest BCUT2D eigenvalue weighted by Gasteiger charge is -2.44. The number of aromatic nitrogens is 3. The highest BCUT2D eigenvalue weighted by molar-refractivity contribution is 6.19. The van der Waals surface area contributed by atoms with E-state index in [2.05, 4.69) is 97.1 Å². The highest BCUT2D eigenvalue weighted by Crippen LogP contribution is 2.64. The smallest absolute Gasteiger partial charge is 0.164 e. The van der Waals surface area contributed by atoms with Crippen molar-refractivity contribution in [2.45, 2.75) is 70.1 Å². The fraction of sp³-hybridized carbons (Fsp3) is 0.354. The number of rotatable bonds is 4. The minimum atomic E-state index is 0.497. The van der Waals surface area contributed by atoms with Gasteiger partial charge in [-0.25, -0.2) is 15.0 Å². The molecular formula is C48H45N3O. The van der Waals surface area contributed by atoms with Crippen molar-refractivity contribution in [3.05, 3.63) is 115 Å². The minimum absolute atomic E-state index is 0.497. The maximum absolute atomic E-state index is 7.09. The van der Waals surface area contributed by atoms with Crippen LogP contribution in [-0.2, 0) is 0 Å². The molecule has 2 heterocycles. The van der Waals surface area contributed by atoms with Crippen LogP contribution in [0.3, 0.4) is 0 Å². The molecule has 4 saturated carbocycles. The van der Waals surface area contributed by atoms with E-state index in [0.29, 0.717) is 29.4 Å². The van der Waals surface area contributed by atoms with Crippen LogP contribution in [-0.4, -0.2) is 15.0 Å². The van der Waals surface area contributed by atoms with E-state index in [9.17, 15) is 0 Å². The molecular weight excluding hydrogens is 635 g/mol. The first-order valence-electron chi connectivity index (χ1n) is 20.0. The molecule has 5 aromatic carbocycles. The van der Waals surface area contributed by atoms with Crippen molar-refractivity contribution in [2.75, 3.05) is 0 Å². The van der Waals surface area contributed by atoms with Gasteiger partial charge in [-0.2, -0.15) is 0 Å². The number of hydrogen-bond acceptors (Lipinski definition) is 4. The van der Waals surface area contributed by atoms with Crippen LogP contribution in [0, 0.1) is 35.5 Å². The summed E-state index contributed by atoms with van der Waals surface area (Å²) in [4.78, 5) is 15.6. The second-order valence-corrected chi connectivity index (χ2v) is 16.5. The lowest BCUT2D eigenvalue weighted by molar-refractivity contribution is 0.0676. The largest absolute Gasteiger partial charge is 0.456 e. The van der Waals surface area contributed by atoms with Gasteiger partial charge in [0.25, 0.3) is 0 Å². The summed E-state index contributed by atoms with van der Waals surface area (Å²) in [7, 11) is 0. The fourth-order valence-electron chi connectivity index (χ4n) is 11.8. The fourth-order valence-corrected chi connectivity index (χ4v) is 11.8. The molecule has 0 radical (unpaired) electrons. The van der Waals surface area contributed by atoms with Crippen LogP contribution in [0.5, 0.6) is 0 Å². The molecule has 52 heavy (non-hydrogen) atoms. The quantitative estimate of drug-likeness (QED) is 0.186. The van der Waals surface area contributed by atoms with Gasteiger partial charge in [-0.1, -0.05) is 130 Å². The topological polar surface area (TPSA) is 51.8 Å².